The molecule has 0 atom stereocenters. The number of methoxy groups -OCH3 is 1. The maximum atomic E-state index is 5.88. The van der Waals surface area contributed by atoms with Crippen molar-refractivity contribution in [3.05, 3.63) is 58.7 Å². The molecule has 0 fully saturated rings. The van der Waals surface area contributed by atoms with Gasteiger partial charge in [0.25, 0.3) is 0 Å². The van der Waals surface area contributed by atoms with Crippen molar-refractivity contribution in [2.45, 2.75) is 6.54 Å². The molecule has 3 nitrogen and oxygen atoms in total. The van der Waals surface area contributed by atoms with Crippen LogP contribution in [0.1, 0.15) is 5.56 Å². The van der Waals surface area contributed by atoms with Gasteiger partial charge in [0.05, 0.1) is 12.6 Å². The van der Waals surface area contributed by atoms with E-state index in [4.69, 9.17) is 10.5 Å². The second-order valence-corrected chi connectivity index (χ2v) is 5.57. The van der Waals surface area contributed by atoms with E-state index in [-0.39, 0.29) is 0 Å². The molecule has 2 aromatic carbocycles. The molecule has 102 valence electrons. The lowest BCUT2D eigenvalue weighted by molar-refractivity contribution is 0.414. The van der Waals surface area contributed by atoms with Gasteiger partial charge in [-0.1, -0.05) is 22.0 Å². The first kappa shape index (κ1) is 13.1. The molecule has 1 aromatic heterocycles. The predicted octanol–water partition coefficient (Wildman–Crippen LogP) is 4.04. The molecule has 20 heavy (non-hydrogen) atoms. The second-order valence-electron chi connectivity index (χ2n) is 4.72. The maximum Gasteiger partial charge on any atom is 0.119 e. The van der Waals surface area contributed by atoms with E-state index >= 15 is 0 Å². The molecule has 0 unspecified atom stereocenters. The van der Waals surface area contributed by atoms with Gasteiger partial charge in [-0.25, -0.2) is 0 Å². The number of nitrogens with zero attached hydrogens (tertiary/aromatic N) is 1. The van der Waals surface area contributed by atoms with Crippen LogP contribution in [0.15, 0.2) is 53.1 Å². The summed E-state index contributed by atoms with van der Waals surface area (Å²) < 4.78 is 8.54. The smallest absolute Gasteiger partial charge is 0.119 e. The lowest BCUT2D eigenvalue weighted by Crippen LogP contribution is -2.00. The van der Waals surface area contributed by atoms with E-state index in [9.17, 15) is 0 Å². The summed E-state index contributed by atoms with van der Waals surface area (Å²) in [6.45, 7) is 0.769. The Balaban J connectivity index is 2.03. The van der Waals surface area contributed by atoms with Crippen LogP contribution in [0.25, 0.3) is 10.9 Å². The van der Waals surface area contributed by atoms with Crippen molar-refractivity contribution in [3.63, 3.8) is 0 Å². The largest absolute Gasteiger partial charge is 0.497 e. The Morgan fingerprint density at radius 3 is 2.80 bits per heavy atom. The zero-order chi connectivity index (χ0) is 14.1. The van der Waals surface area contributed by atoms with Gasteiger partial charge in [0, 0.05) is 22.9 Å². The molecule has 2 N–H and O–H groups in total. The van der Waals surface area contributed by atoms with E-state index in [1.807, 2.05) is 36.4 Å². The molecular weight excluding hydrogens is 316 g/mol. The molecule has 3 rings (SSSR count). The fraction of sp³-hybridized carbons (Fsp3) is 0.125. The number of nitrogens with two attached hydrogens (primary N) is 1. The Bertz CT molecular complexity index is 764. The SMILES string of the molecule is COc1ccc(Br)c(Cn2ccc3ccc(N)cc32)c1. The highest BCUT2D eigenvalue weighted by molar-refractivity contribution is 9.10. The number of nitrogen functional groups attached to an aromatic ring is 1. The normalized spacial score (nSPS) is 10.9. The summed E-state index contributed by atoms with van der Waals surface area (Å²) in [4.78, 5) is 0. The third-order valence-electron chi connectivity index (χ3n) is 3.39. The molecule has 0 saturated carbocycles. The second kappa shape index (κ2) is 5.21. The van der Waals surface area contributed by atoms with Crippen molar-refractivity contribution in [1.29, 1.82) is 0 Å². The molecule has 0 bridgehead atoms. The minimum atomic E-state index is 0.769. The summed E-state index contributed by atoms with van der Waals surface area (Å²) >= 11 is 3.59. The molecule has 1 heterocycles. The van der Waals surface area contributed by atoms with E-state index in [2.05, 4.69) is 32.8 Å². The van der Waals surface area contributed by atoms with Crippen LogP contribution in [0.4, 0.5) is 5.69 Å². The molecule has 4 heteroatoms. The summed E-state index contributed by atoms with van der Waals surface area (Å²) in [5, 5.41) is 1.19. The lowest BCUT2D eigenvalue weighted by atomic mass is 10.2. The van der Waals surface area contributed by atoms with Crippen LogP contribution >= 0.6 is 15.9 Å². The highest BCUT2D eigenvalue weighted by Gasteiger charge is 2.06. The van der Waals surface area contributed by atoms with Gasteiger partial charge in [0.15, 0.2) is 0 Å². The van der Waals surface area contributed by atoms with Gasteiger partial charge in [-0.05, 0) is 47.3 Å². The number of aromatic nitrogens is 1. The number of rotatable bonds is 3. The third-order valence-corrected chi connectivity index (χ3v) is 4.17. The lowest BCUT2D eigenvalue weighted by Gasteiger charge is -2.10. The number of hydrogen-bond acceptors (Lipinski definition) is 2. The van der Waals surface area contributed by atoms with Crippen molar-refractivity contribution in [1.82, 2.24) is 4.57 Å². The standard InChI is InChI=1S/C16H15BrN2O/c1-20-14-4-5-15(17)12(8-14)10-19-7-6-11-2-3-13(18)9-16(11)19/h2-9H,10,18H2,1H3. The number of anilines is 1. The average Bonchev–Trinajstić information content (AvgIpc) is 2.84. The van der Waals surface area contributed by atoms with Crippen LogP contribution in [0.3, 0.4) is 0 Å². The molecule has 3 aromatic rings. The molecule has 0 radical (unpaired) electrons. The fourth-order valence-corrected chi connectivity index (χ4v) is 2.69. The minimum Gasteiger partial charge on any atom is -0.497 e. The number of halogens is 1. The Kier molecular flexibility index (Phi) is 3.40. The maximum absolute atomic E-state index is 5.88. The van der Waals surface area contributed by atoms with E-state index in [0.29, 0.717) is 0 Å². The van der Waals surface area contributed by atoms with Crippen LogP contribution in [0, 0.1) is 0 Å². The Labute approximate surface area is 126 Å². The average molecular weight is 331 g/mol. The predicted molar refractivity (Wildman–Crippen MR) is 86.1 cm³/mol. The first-order valence-corrected chi connectivity index (χ1v) is 7.13. The molecule has 0 aliphatic heterocycles. The van der Waals surface area contributed by atoms with E-state index in [0.717, 1.165) is 28.0 Å². The number of ether oxygens (including phenoxy) is 1. The molecule has 0 aliphatic rings. The van der Waals surface area contributed by atoms with Crippen molar-refractivity contribution in [2.24, 2.45) is 0 Å². The van der Waals surface area contributed by atoms with Crippen LogP contribution in [-0.4, -0.2) is 11.7 Å². The van der Waals surface area contributed by atoms with Gasteiger partial charge in [-0.3, -0.25) is 0 Å². The van der Waals surface area contributed by atoms with E-state index in [1.165, 1.54) is 10.9 Å². The molecular formula is C16H15BrN2O. The van der Waals surface area contributed by atoms with E-state index in [1.54, 1.807) is 7.11 Å². The first-order valence-electron chi connectivity index (χ1n) is 6.34. The molecule has 0 amide bonds. The highest BCUT2D eigenvalue weighted by Crippen LogP contribution is 2.26. The monoisotopic (exact) mass is 330 g/mol. The van der Waals surface area contributed by atoms with Gasteiger partial charge in [-0.2, -0.15) is 0 Å². The highest BCUT2D eigenvalue weighted by atomic mass is 79.9. The van der Waals surface area contributed by atoms with Crippen LogP contribution < -0.4 is 10.5 Å². The zero-order valence-corrected chi connectivity index (χ0v) is 12.7. The van der Waals surface area contributed by atoms with Crippen LogP contribution in [0.2, 0.25) is 0 Å². The van der Waals surface area contributed by atoms with Crippen molar-refractivity contribution < 1.29 is 4.74 Å². The van der Waals surface area contributed by atoms with Gasteiger partial charge in [0.2, 0.25) is 0 Å². The topological polar surface area (TPSA) is 40.2 Å². The van der Waals surface area contributed by atoms with Crippen molar-refractivity contribution in [2.75, 3.05) is 12.8 Å². The van der Waals surface area contributed by atoms with Crippen molar-refractivity contribution >= 4 is 32.5 Å². The number of hydrogen-bond donors (Lipinski definition) is 1. The number of fused-ring (bicyclic) bond motifs is 1. The summed E-state index contributed by atoms with van der Waals surface area (Å²) in [6, 6.07) is 14.1. The fourth-order valence-electron chi connectivity index (χ4n) is 2.32. The molecule has 0 aliphatic carbocycles. The third kappa shape index (κ3) is 2.39. The Morgan fingerprint density at radius 2 is 2.00 bits per heavy atom. The van der Waals surface area contributed by atoms with E-state index < -0.39 is 0 Å². The van der Waals surface area contributed by atoms with Gasteiger partial charge in [0.1, 0.15) is 5.75 Å². The van der Waals surface area contributed by atoms with Gasteiger partial charge in [-0.15, -0.1) is 0 Å². The van der Waals surface area contributed by atoms with Crippen molar-refractivity contribution in [3.8, 4) is 5.75 Å². The molecule has 0 spiro atoms. The van der Waals surface area contributed by atoms with Gasteiger partial charge >= 0.3 is 0 Å². The first-order chi connectivity index (χ1) is 9.67. The Hall–Kier alpha value is -1.94. The minimum absolute atomic E-state index is 0.769. The Morgan fingerprint density at radius 1 is 1.15 bits per heavy atom. The summed E-state index contributed by atoms with van der Waals surface area (Å²) in [7, 11) is 1.68. The summed E-state index contributed by atoms with van der Waals surface area (Å²) in [5.74, 6) is 0.860. The number of benzene rings is 2. The van der Waals surface area contributed by atoms with Crippen LogP contribution in [-0.2, 0) is 6.54 Å². The summed E-state index contributed by atoms with van der Waals surface area (Å²) in [6.07, 6.45) is 2.08. The summed E-state index contributed by atoms with van der Waals surface area (Å²) in [5.41, 5.74) is 8.97. The van der Waals surface area contributed by atoms with Crippen LogP contribution in [0.5, 0.6) is 5.75 Å². The quantitative estimate of drug-likeness (QED) is 0.736. The molecule has 0 saturated heterocycles. The van der Waals surface area contributed by atoms with Gasteiger partial charge < -0.3 is 15.0 Å². The zero-order valence-electron chi connectivity index (χ0n) is 11.1.